The summed E-state index contributed by atoms with van der Waals surface area (Å²) in [7, 11) is 0. The third-order valence-corrected chi connectivity index (χ3v) is 4.62. The highest BCUT2D eigenvalue weighted by Gasteiger charge is 2.46. The summed E-state index contributed by atoms with van der Waals surface area (Å²) in [5.74, 6) is 0.929. The van der Waals surface area contributed by atoms with Crippen molar-refractivity contribution in [3.63, 3.8) is 0 Å². The Labute approximate surface area is 109 Å². The number of imidazole rings is 1. The molecule has 1 unspecified atom stereocenters. The van der Waals surface area contributed by atoms with Gasteiger partial charge in [0.05, 0.1) is 6.33 Å². The first-order chi connectivity index (χ1) is 8.79. The molecule has 1 aromatic heterocycles. The van der Waals surface area contributed by atoms with Crippen LogP contribution in [-0.4, -0.2) is 46.2 Å². The Kier molecular flexibility index (Phi) is 3.39. The van der Waals surface area contributed by atoms with E-state index in [-0.39, 0.29) is 0 Å². The molecule has 0 radical (unpaired) electrons. The quantitative estimate of drug-likeness (QED) is 0.854. The van der Waals surface area contributed by atoms with Gasteiger partial charge in [-0.2, -0.15) is 0 Å². The Morgan fingerprint density at radius 3 is 3.00 bits per heavy atom. The number of nitrogens with one attached hydrogen (secondary N) is 1. The fraction of sp³-hybridized carbons (Fsp3) is 0.786. The van der Waals surface area contributed by atoms with Crippen LogP contribution in [0.3, 0.4) is 0 Å². The minimum atomic E-state index is 0.410. The Morgan fingerprint density at radius 1 is 1.39 bits per heavy atom. The molecule has 1 aliphatic carbocycles. The van der Waals surface area contributed by atoms with E-state index in [1.165, 1.54) is 38.9 Å². The molecule has 1 saturated carbocycles. The summed E-state index contributed by atoms with van der Waals surface area (Å²) in [4.78, 5) is 6.81. The topological polar surface area (TPSA) is 33.1 Å². The molecule has 1 aliphatic heterocycles. The maximum Gasteiger partial charge on any atom is 0.0945 e. The average Bonchev–Trinajstić information content (AvgIpc) is 3.12. The first-order valence-corrected chi connectivity index (χ1v) is 7.20. The average molecular weight is 248 g/mol. The van der Waals surface area contributed by atoms with Gasteiger partial charge in [-0.1, -0.05) is 0 Å². The second kappa shape index (κ2) is 5.02. The molecule has 0 aromatic carbocycles. The molecular weight excluding hydrogens is 224 g/mol. The van der Waals surface area contributed by atoms with Crippen molar-refractivity contribution in [2.45, 2.75) is 38.3 Å². The largest absolute Gasteiger partial charge is 0.337 e. The van der Waals surface area contributed by atoms with Gasteiger partial charge in [-0.05, 0) is 32.1 Å². The van der Waals surface area contributed by atoms with Gasteiger partial charge >= 0.3 is 0 Å². The Balaban J connectivity index is 1.53. The molecule has 1 N–H and O–H groups in total. The van der Waals surface area contributed by atoms with Gasteiger partial charge in [0.1, 0.15) is 0 Å². The molecule has 0 bridgehead atoms. The van der Waals surface area contributed by atoms with E-state index in [0.717, 1.165) is 19.0 Å². The maximum atomic E-state index is 4.09. The summed E-state index contributed by atoms with van der Waals surface area (Å²) < 4.78 is 2.18. The Bertz CT molecular complexity index is 371. The third kappa shape index (κ3) is 2.45. The number of piperazine rings is 1. The van der Waals surface area contributed by atoms with Gasteiger partial charge in [-0.3, -0.25) is 4.90 Å². The van der Waals surface area contributed by atoms with E-state index in [1.807, 2.05) is 12.5 Å². The van der Waals surface area contributed by atoms with Crippen molar-refractivity contribution < 1.29 is 0 Å². The Hall–Kier alpha value is -0.870. The number of hydrogen-bond acceptors (Lipinski definition) is 3. The van der Waals surface area contributed by atoms with Crippen molar-refractivity contribution >= 4 is 0 Å². The van der Waals surface area contributed by atoms with E-state index in [9.17, 15) is 0 Å². The van der Waals surface area contributed by atoms with Crippen LogP contribution in [0.1, 0.15) is 26.2 Å². The predicted molar refractivity (Wildman–Crippen MR) is 72.4 cm³/mol. The van der Waals surface area contributed by atoms with Crippen molar-refractivity contribution in [3.8, 4) is 0 Å². The molecule has 100 valence electrons. The van der Waals surface area contributed by atoms with Gasteiger partial charge in [-0.25, -0.2) is 4.98 Å². The van der Waals surface area contributed by atoms with Crippen LogP contribution in [0.5, 0.6) is 0 Å². The zero-order valence-electron chi connectivity index (χ0n) is 11.3. The van der Waals surface area contributed by atoms with Gasteiger partial charge in [0.25, 0.3) is 0 Å². The SMILES string of the molecule is CC1(C2CC2)CNCCN1CCCn1ccnc1. The molecular formula is C14H24N4. The second-order valence-electron chi connectivity index (χ2n) is 5.95. The van der Waals surface area contributed by atoms with Gasteiger partial charge < -0.3 is 9.88 Å². The molecule has 2 aliphatic rings. The molecule has 1 atom stereocenters. The normalized spacial score (nSPS) is 29.6. The minimum absolute atomic E-state index is 0.410. The predicted octanol–water partition coefficient (Wildman–Crippen LogP) is 1.35. The summed E-state index contributed by atoms with van der Waals surface area (Å²) in [6.07, 6.45) is 9.90. The molecule has 2 heterocycles. The fourth-order valence-electron chi connectivity index (χ4n) is 3.26. The highest BCUT2D eigenvalue weighted by molar-refractivity contribution is 5.02. The lowest BCUT2D eigenvalue weighted by atomic mass is 9.91. The van der Waals surface area contributed by atoms with Crippen LogP contribution in [0.2, 0.25) is 0 Å². The van der Waals surface area contributed by atoms with Crippen LogP contribution < -0.4 is 5.32 Å². The summed E-state index contributed by atoms with van der Waals surface area (Å²) in [6.45, 7) is 8.28. The number of nitrogens with zero attached hydrogens (tertiary/aromatic N) is 3. The minimum Gasteiger partial charge on any atom is -0.337 e. The maximum absolute atomic E-state index is 4.09. The van der Waals surface area contributed by atoms with Crippen molar-refractivity contribution in [1.82, 2.24) is 19.8 Å². The number of rotatable bonds is 5. The number of hydrogen-bond donors (Lipinski definition) is 1. The van der Waals surface area contributed by atoms with Crippen molar-refractivity contribution in [2.24, 2.45) is 5.92 Å². The van der Waals surface area contributed by atoms with Crippen LogP contribution in [0.15, 0.2) is 18.7 Å². The summed E-state index contributed by atoms with van der Waals surface area (Å²) in [5, 5.41) is 3.57. The summed E-state index contributed by atoms with van der Waals surface area (Å²) in [5.41, 5.74) is 0.410. The van der Waals surface area contributed by atoms with Crippen LogP contribution in [-0.2, 0) is 6.54 Å². The smallest absolute Gasteiger partial charge is 0.0945 e. The first kappa shape index (κ1) is 12.2. The van der Waals surface area contributed by atoms with Crippen molar-refractivity contribution in [3.05, 3.63) is 18.7 Å². The molecule has 2 fully saturated rings. The van der Waals surface area contributed by atoms with Crippen LogP contribution in [0.4, 0.5) is 0 Å². The number of aryl methyl sites for hydroxylation is 1. The van der Waals surface area contributed by atoms with E-state index >= 15 is 0 Å². The first-order valence-electron chi connectivity index (χ1n) is 7.20. The molecule has 0 spiro atoms. The molecule has 4 nitrogen and oxygen atoms in total. The van der Waals surface area contributed by atoms with E-state index in [2.05, 4.69) is 32.9 Å². The van der Waals surface area contributed by atoms with Gasteiger partial charge in [0.15, 0.2) is 0 Å². The van der Waals surface area contributed by atoms with E-state index < -0.39 is 0 Å². The summed E-state index contributed by atoms with van der Waals surface area (Å²) >= 11 is 0. The highest BCUT2D eigenvalue weighted by Crippen LogP contribution is 2.43. The molecule has 1 aromatic rings. The van der Waals surface area contributed by atoms with Crippen LogP contribution in [0.25, 0.3) is 0 Å². The van der Waals surface area contributed by atoms with Gasteiger partial charge in [0, 0.05) is 50.7 Å². The lowest BCUT2D eigenvalue weighted by Gasteiger charge is -2.46. The molecule has 4 heteroatoms. The fourth-order valence-corrected chi connectivity index (χ4v) is 3.26. The van der Waals surface area contributed by atoms with Crippen LogP contribution in [0, 0.1) is 5.92 Å². The summed E-state index contributed by atoms with van der Waals surface area (Å²) in [6, 6.07) is 0. The molecule has 3 rings (SSSR count). The lowest BCUT2D eigenvalue weighted by molar-refractivity contribution is 0.0538. The van der Waals surface area contributed by atoms with Crippen LogP contribution >= 0.6 is 0 Å². The standard InChI is InChI=1S/C14H24N4/c1-14(13-3-4-13)11-15-6-10-18(14)8-2-7-17-9-5-16-12-17/h5,9,12-13,15H,2-4,6-8,10-11H2,1H3. The lowest BCUT2D eigenvalue weighted by Crippen LogP contribution is -2.61. The van der Waals surface area contributed by atoms with E-state index in [0.29, 0.717) is 5.54 Å². The zero-order chi connectivity index (χ0) is 12.4. The second-order valence-corrected chi connectivity index (χ2v) is 5.95. The molecule has 0 amide bonds. The van der Waals surface area contributed by atoms with Gasteiger partial charge in [0.2, 0.25) is 0 Å². The Morgan fingerprint density at radius 2 is 2.28 bits per heavy atom. The van der Waals surface area contributed by atoms with E-state index in [1.54, 1.807) is 0 Å². The van der Waals surface area contributed by atoms with Crippen molar-refractivity contribution in [2.75, 3.05) is 26.2 Å². The monoisotopic (exact) mass is 248 g/mol. The molecule has 1 saturated heterocycles. The van der Waals surface area contributed by atoms with Crippen molar-refractivity contribution in [1.29, 1.82) is 0 Å². The third-order valence-electron chi connectivity index (χ3n) is 4.62. The van der Waals surface area contributed by atoms with E-state index in [4.69, 9.17) is 0 Å². The number of aromatic nitrogens is 2. The molecule has 18 heavy (non-hydrogen) atoms. The van der Waals surface area contributed by atoms with Gasteiger partial charge in [-0.15, -0.1) is 0 Å². The highest BCUT2D eigenvalue weighted by atomic mass is 15.3. The zero-order valence-corrected chi connectivity index (χ0v) is 11.3.